The van der Waals surface area contributed by atoms with Crippen LogP contribution in [0.5, 0.6) is 0 Å². The van der Waals surface area contributed by atoms with Crippen LogP contribution in [0.4, 0.5) is 4.79 Å². The number of benzene rings is 1. The molecule has 27 heavy (non-hydrogen) atoms. The Labute approximate surface area is 163 Å². The molecule has 7 nitrogen and oxygen atoms in total. The monoisotopic (exact) mass is 393 g/mol. The lowest BCUT2D eigenvalue weighted by atomic mass is 10.1. The number of halogens is 1. The summed E-state index contributed by atoms with van der Waals surface area (Å²) in [6.07, 6.45) is 2.16. The van der Waals surface area contributed by atoms with Crippen molar-refractivity contribution in [3.8, 4) is 0 Å². The molecule has 2 atom stereocenters. The van der Waals surface area contributed by atoms with Crippen molar-refractivity contribution in [1.82, 2.24) is 15.1 Å². The number of amides is 3. The molecule has 0 aromatic heterocycles. The van der Waals surface area contributed by atoms with Gasteiger partial charge in [0.25, 0.3) is 0 Å². The van der Waals surface area contributed by atoms with Gasteiger partial charge in [-0.3, -0.25) is 14.5 Å². The van der Waals surface area contributed by atoms with Crippen LogP contribution in [-0.4, -0.2) is 64.5 Å². The Hall–Kier alpha value is -2.28. The van der Waals surface area contributed by atoms with Crippen LogP contribution in [-0.2, 0) is 16.0 Å². The van der Waals surface area contributed by atoms with Gasteiger partial charge in [0.15, 0.2) is 0 Å². The molecule has 0 saturated carbocycles. The number of hydrogen-bond donors (Lipinski definition) is 2. The molecule has 0 bridgehead atoms. The number of nitrogens with one attached hydrogen (secondary N) is 1. The van der Waals surface area contributed by atoms with E-state index >= 15 is 0 Å². The summed E-state index contributed by atoms with van der Waals surface area (Å²) in [5.74, 6) is -0.417. The second-order valence-electron chi connectivity index (χ2n) is 6.99. The Morgan fingerprint density at radius 3 is 2.33 bits per heavy atom. The average molecular weight is 394 g/mol. The van der Waals surface area contributed by atoms with Crippen LogP contribution in [0.15, 0.2) is 24.3 Å². The van der Waals surface area contributed by atoms with Crippen LogP contribution < -0.4 is 5.32 Å². The first-order valence-electron chi connectivity index (χ1n) is 9.29. The molecule has 2 saturated heterocycles. The molecule has 0 aliphatic carbocycles. The second kappa shape index (κ2) is 8.61. The highest BCUT2D eigenvalue weighted by Gasteiger charge is 2.41. The first-order chi connectivity index (χ1) is 13.0. The van der Waals surface area contributed by atoms with Gasteiger partial charge in [-0.2, -0.15) is 0 Å². The van der Waals surface area contributed by atoms with Gasteiger partial charge < -0.3 is 15.3 Å². The van der Waals surface area contributed by atoms with Crippen LogP contribution in [0, 0.1) is 0 Å². The van der Waals surface area contributed by atoms with Crippen molar-refractivity contribution in [2.24, 2.45) is 0 Å². The van der Waals surface area contributed by atoms with Gasteiger partial charge in [0.1, 0.15) is 12.1 Å². The second-order valence-corrected chi connectivity index (χ2v) is 7.43. The normalized spacial score (nSPS) is 22.1. The van der Waals surface area contributed by atoms with Crippen molar-refractivity contribution in [2.45, 2.75) is 44.2 Å². The van der Waals surface area contributed by atoms with Crippen LogP contribution in [0.25, 0.3) is 0 Å². The fraction of sp³-hybridized carbons (Fsp3) is 0.526. The van der Waals surface area contributed by atoms with Crippen molar-refractivity contribution >= 4 is 29.5 Å². The molecule has 0 radical (unpaired) electrons. The van der Waals surface area contributed by atoms with Crippen molar-refractivity contribution in [3.63, 3.8) is 0 Å². The third-order valence-electron chi connectivity index (χ3n) is 5.25. The van der Waals surface area contributed by atoms with Crippen molar-refractivity contribution in [1.29, 1.82) is 0 Å². The molecule has 1 aromatic carbocycles. The summed E-state index contributed by atoms with van der Waals surface area (Å²) < 4.78 is 0. The van der Waals surface area contributed by atoms with E-state index in [4.69, 9.17) is 11.6 Å². The Balaban J connectivity index is 1.55. The zero-order chi connectivity index (χ0) is 19.4. The maximum atomic E-state index is 12.8. The van der Waals surface area contributed by atoms with Gasteiger partial charge >= 0.3 is 6.09 Å². The van der Waals surface area contributed by atoms with Crippen LogP contribution >= 0.6 is 11.6 Å². The number of likely N-dealkylation sites (tertiary alicyclic amines) is 2. The molecule has 146 valence electrons. The number of hydrogen-bond acceptors (Lipinski definition) is 3. The molecule has 0 spiro atoms. The molecular weight excluding hydrogens is 370 g/mol. The molecule has 8 heteroatoms. The fourth-order valence-electron chi connectivity index (χ4n) is 3.85. The van der Waals surface area contributed by atoms with Gasteiger partial charge in [-0.25, -0.2) is 4.79 Å². The molecule has 2 heterocycles. The van der Waals surface area contributed by atoms with Crippen LogP contribution in [0.3, 0.4) is 0 Å². The standard InChI is InChI=1S/C19H24ClN3O4/c20-14-7-5-13(6-8-14)9-10-21-17(24)15-3-1-11-22(15)18(25)16-4-2-12-23(16)19(26)27/h5-8,15-16H,1-4,9-12H2,(H,21,24)(H,26,27). The number of carbonyl (C=O) groups excluding carboxylic acids is 2. The fourth-order valence-corrected chi connectivity index (χ4v) is 3.97. The van der Waals surface area contributed by atoms with Crippen molar-refractivity contribution in [3.05, 3.63) is 34.9 Å². The van der Waals surface area contributed by atoms with E-state index in [2.05, 4.69) is 5.32 Å². The summed E-state index contributed by atoms with van der Waals surface area (Å²) in [5, 5.41) is 12.8. The Morgan fingerprint density at radius 1 is 1.04 bits per heavy atom. The highest BCUT2D eigenvalue weighted by molar-refractivity contribution is 6.30. The van der Waals surface area contributed by atoms with Gasteiger partial charge in [-0.1, -0.05) is 23.7 Å². The quantitative estimate of drug-likeness (QED) is 0.801. The van der Waals surface area contributed by atoms with E-state index in [1.807, 2.05) is 24.3 Å². The minimum atomic E-state index is -1.07. The first-order valence-corrected chi connectivity index (χ1v) is 9.67. The molecule has 1 aromatic rings. The maximum absolute atomic E-state index is 12.8. The van der Waals surface area contributed by atoms with Crippen molar-refractivity contribution < 1.29 is 19.5 Å². The van der Waals surface area contributed by atoms with Crippen LogP contribution in [0.1, 0.15) is 31.2 Å². The van der Waals surface area contributed by atoms with Gasteiger partial charge in [0, 0.05) is 24.7 Å². The lowest BCUT2D eigenvalue weighted by Gasteiger charge is -2.29. The smallest absolute Gasteiger partial charge is 0.407 e. The van der Waals surface area contributed by atoms with Crippen molar-refractivity contribution in [2.75, 3.05) is 19.6 Å². The first kappa shape index (κ1) is 19.5. The van der Waals surface area contributed by atoms with Gasteiger partial charge in [-0.15, -0.1) is 0 Å². The molecule has 2 aliphatic rings. The zero-order valence-electron chi connectivity index (χ0n) is 15.1. The van der Waals surface area contributed by atoms with E-state index in [0.717, 1.165) is 12.0 Å². The Bertz CT molecular complexity index is 709. The van der Waals surface area contributed by atoms with Gasteiger partial charge in [0.05, 0.1) is 0 Å². The van der Waals surface area contributed by atoms with Gasteiger partial charge in [-0.05, 0) is 49.8 Å². The summed E-state index contributed by atoms with van der Waals surface area (Å²) >= 11 is 5.86. The van der Waals surface area contributed by atoms with Gasteiger partial charge in [0.2, 0.25) is 11.8 Å². The SMILES string of the molecule is O=C(NCCc1ccc(Cl)cc1)C1CCCN1C(=O)C1CCCN1C(=O)O. The number of carboxylic acid groups (broad SMARTS) is 1. The summed E-state index contributed by atoms with van der Waals surface area (Å²) in [4.78, 5) is 39.5. The largest absolute Gasteiger partial charge is 0.465 e. The molecule has 2 fully saturated rings. The van der Waals surface area contributed by atoms with E-state index in [1.165, 1.54) is 4.90 Å². The topological polar surface area (TPSA) is 90.0 Å². The third-order valence-corrected chi connectivity index (χ3v) is 5.50. The highest BCUT2D eigenvalue weighted by Crippen LogP contribution is 2.25. The predicted octanol–water partition coefficient (Wildman–Crippen LogP) is 2.13. The number of carbonyl (C=O) groups is 3. The zero-order valence-corrected chi connectivity index (χ0v) is 15.8. The summed E-state index contributed by atoms with van der Waals surface area (Å²) in [6, 6.07) is 6.28. The molecule has 3 amide bonds. The van der Waals surface area contributed by atoms with E-state index < -0.39 is 18.2 Å². The lowest BCUT2D eigenvalue weighted by Crippen LogP contribution is -2.52. The number of nitrogens with zero attached hydrogens (tertiary/aromatic N) is 2. The third kappa shape index (κ3) is 4.53. The average Bonchev–Trinajstić information content (AvgIpc) is 3.32. The Morgan fingerprint density at radius 2 is 1.67 bits per heavy atom. The van der Waals surface area contributed by atoms with E-state index in [1.54, 1.807) is 4.90 Å². The maximum Gasteiger partial charge on any atom is 0.407 e. The van der Waals surface area contributed by atoms with Crippen LogP contribution in [0.2, 0.25) is 5.02 Å². The predicted molar refractivity (Wildman–Crippen MR) is 101 cm³/mol. The lowest BCUT2D eigenvalue weighted by molar-refractivity contribution is -0.141. The molecule has 2 N–H and O–H groups in total. The van der Waals surface area contributed by atoms with E-state index in [-0.39, 0.29) is 11.8 Å². The summed E-state index contributed by atoms with van der Waals surface area (Å²) in [7, 11) is 0. The minimum Gasteiger partial charge on any atom is -0.465 e. The summed E-state index contributed by atoms with van der Waals surface area (Å²) in [6.45, 7) is 1.35. The molecule has 2 aliphatic heterocycles. The highest BCUT2D eigenvalue weighted by atomic mass is 35.5. The summed E-state index contributed by atoms with van der Waals surface area (Å²) in [5.41, 5.74) is 1.07. The molecule has 2 unspecified atom stereocenters. The number of rotatable bonds is 5. The molecule has 3 rings (SSSR count). The Kier molecular flexibility index (Phi) is 6.21. The molecular formula is C19H24ClN3O4. The van der Waals surface area contributed by atoms with E-state index in [9.17, 15) is 19.5 Å². The minimum absolute atomic E-state index is 0.172. The van der Waals surface area contributed by atoms with E-state index in [0.29, 0.717) is 50.3 Å².